The van der Waals surface area contributed by atoms with Crippen molar-refractivity contribution in [3.63, 3.8) is 0 Å². The van der Waals surface area contributed by atoms with Crippen molar-refractivity contribution in [2.24, 2.45) is 11.8 Å². The standard InChI is InChI=1S/C33H49N5O8/c1-8-46-32(42)36-33(43,23(4)5)30(40)34-26(17-14-24-12-10-9-11-13-24)21-38(20-25-15-18-27(44-6)19-16-25)37-29(39)28(22(2)3)35-31(41)45-7/h9-13,15-16,18-19,22-23,26,28,43H,8,14,17,20-21H2,1-7H3,(H,34,40)(H,35,41)(H,36,42)(H,37,39)/t26-,28-,33+/m0/s1. The van der Waals surface area contributed by atoms with Gasteiger partial charge in [0.1, 0.15) is 11.8 Å². The van der Waals surface area contributed by atoms with E-state index in [-0.39, 0.29) is 25.6 Å². The minimum absolute atomic E-state index is 0.0591. The molecular weight excluding hydrogens is 594 g/mol. The summed E-state index contributed by atoms with van der Waals surface area (Å²) in [6, 6.07) is 15.4. The Morgan fingerprint density at radius 1 is 0.891 bits per heavy atom. The highest BCUT2D eigenvalue weighted by molar-refractivity contribution is 5.88. The fourth-order valence-corrected chi connectivity index (χ4v) is 4.59. The van der Waals surface area contributed by atoms with Gasteiger partial charge in [0.2, 0.25) is 5.72 Å². The molecule has 3 atom stereocenters. The van der Waals surface area contributed by atoms with Gasteiger partial charge in [-0.15, -0.1) is 0 Å². The van der Waals surface area contributed by atoms with E-state index in [1.54, 1.807) is 58.9 Å². The Bertz CT molecular complexity index is 1260. The summed E-state index contributed by atoms with van der Waals surface area (Å²) >= 11 is 0. The second kappa shape index (κ2) is 18.6. The number of aryl methyl sites for hydroxylation is 1. The minimum atomic E-state index is -2.27. The summed E-state index contributed by atoms with van der Waals surface area (Å²) in [5, 5.41) is 20.7. The van der Waals surface area contributed by atoms with Crippen LogP contribution in [0, 0.1) is 11.8 Å². The van der Waals surface area contributed by atoms with Crippen LogP contribution in [-0.2, 0) is 32.0 Å². The monoisotopic (exact) mass is 643 g/mol. The number of nitrogens with one attached hydrogen (secondary N) is 4. The predicted molar refractivity (Wildman–Crippen MR) is 172 cm³/mol. The van der Waals surface area contributed by atoms with Gasteiger partial charge in [0, 0.05) is 25.0 Å². The van der Waals surface area contributed by atoms with E-state index < -0.39 is 47.7 Å². The first-order valence-electron chi connectivity index (χ1n) is 15.4. The van der Waals surface area contributed by atoms with Crippen LogP contribution >= 0.6 is 0 Å². The lowest BCUT2D eigenvalue weighted by atomic mass is 9.97. The zero-order chi connectivity index (χ0) is 34.3. The van der Waals surface area contributed by atoms with Gasteiger partial charge < -0.3 is 30.0 Å². The molecular formula is C33H49N5O8. The Morgan fingerprint density at radius 2 is 1.54 bits per heavy atom. The van der Waals surface area contributed by atoms with Crippen LogP contribution in [0.5, 0.6) is 5.75 Å². The Labute approximate surface area is 271 Å². The number of carbonyl (C=O) groups excluding carboxylic acids is 4. The number of nitrogens with zero attached hydrogens (tertiary/aromatic N) is 1. The van der Waals surface area contributed by atoms with E-state index in [1.165, 1.54) is 7.11 Å². The molecule has 0 aliphatic rings. The molecule has 46 heavy (non-hydrogen) atoms. The van der Waals surface area contributed by atoms with Gasteiger partial charge in [0.25, 0.3) is 11.8 Å². The van der Waals surface area contributed by atoms with Crippen LogP contribution < -0.4 is 26.1 Å². The molecule has 13 nitrogen and oxygen atoms in total. The van der Waals surface area contributed by atoms with Crippen molar-refractivity contribution in [2.75, 3.05) is 27.4 Å². The van der Waals surface area contributed by atoms with Crippen molar-refractivity contribution in [3.8, 4) is 5.75 Å². The molecule has 0 saturated carbocycles. The Kier molecular flexibility index (Phi) is 15.3. The molecule has 0 fully saturated rings. The van der Waals surface area contributed by atoms with E-state index in [1.807, 2.05) is 42.5 Å². The minimum Gasteiger partial charge on any atom is -0.497 e. The average molecular weight is 644 g/mol. The van der Waals surface area contributed by atoms with Crippen molar-refractivity contribution in [1.82, 2.24) is 26.4 Å². The summed E-state index contributed by atoms with van der Waals surface area (Å²) < 4.78 is 14.9. The first-order chi connectivity index (χ1) is 21.8. The van der Waals surface area contributed by atoms with Crippen LogP contribution in [0.4, 0.5) is 9.59 Å². The topological polar surface area (TPSA) is 168 Å². The van der Waals surface area contributed by atoms with E-state index >= 15 is 0 Å². The lowest BCUT2D eigenvalue weighted by Gasteiger charge is -2.35. The molecule has 4 amide bonds. The van der Waals surface area contributed by atoms with E-state index in [2.05, 4.69) is 21.4 Å². The molecule has 2 rings (SSSR count). The third-order valence-corrected chi connectivity index (χ3v) is 7.36. The Hall–Kier alpha value is -4.36. The molecule has 5 N–H and O–H groups in total. The highest BCUT2D eigenvalue weighted by Gasteiger charge is 2.42. The zero-order valence-electron chi connectivity index (χ0n) is 27.8. The first-order valence-corrected chi connectivity index (χ1v) is 15.4. The molecule has 0 aromatic heterocycles. The molecule has 0 bridgehead atoms. The molecule has 13 heteroatoms. The fourth-order valence-electron chi connectivity index (χ4n) is 4.59. The second-order valence-electron chi connectivity index (χ2n) is 11.5. The van der Waals surface area contributed by atoms with Crippen LogP contribution in [0.1, 0.15) is 52.2 Å². The molecule has 0 unspecified atom stereocenters. The summed E-state index contributed by atoms with van der Waals surface area (Å²) in [5.74, 6) is -1.62. The van der Waals surface area contributed by atoms with Gasteiger partial charge in [-0.25, -0.2) is 14.6 Å². The van der Waals surface area contributed by atoms with Gasteiger partial charge in [-0.05, 0) is 48.9 Å². The Balaban J connectivity index is 2.43. The number of carbonyl (C=O) groups is 4. The summed E-state index contributed by atoms with van der Waals surface area (Å²) in [6.45, 7) is 8.79. The third-order valence-electron chi connectivity index (χ3n) is 7.36. The van der Waals surface area contributed by atoms with Crippen LogP contribution in [-0.4, -0.2) is 79.3 Å². The number of amides is 4. The van der Waals surface area contributed by atoms with Gasteiger partial charge >= 0.3 is 12.2 Å². The molecule has 2 aromatic rings. The molecule has 0 spiro atoms. The number of hydrogen-bond donors (Lipinski definition) is 5. The third kappa shape index (κ3) is 11.9. The summed E-state index contributed by atoms with van der Waals surface area (Å²) in [6.07, 6.45) is -0.682. The second-order valence-corrected chi connectivity index (χ2v) is 11.5. The molecule has 0 heterocycles. The number of benzene rings is 2. The van der Waals surface area contributed by atoms with Gasteiger partial charge in [-0.3, -0.25) is 20.3 Å². The maximum absolute atomic E-state index is 13.6. The van der Waals surface area contributed by atoms with E-state index in [0.717, 1.165) is 11.1 Å². The summed E-state index contributed by atoms with van der Waals surface area (Å²) in [7, 11) is 2.78. The molecule has 0 aliphatic heterocycles. The summed E-state index contributed by atoms with van der Waals surface area (Å²) in [4.78, 5) is 51.4. The van der Waals surface area contributed by atoms with E-state index in [9.17, 15) is 24.3 Å². The fraction of sp³-hybridized carbons (Fsp3) is 0.515. The lowest BCUT2D eigenvalue weighted by molar-refractivity contribution is -0.149. The van der Waals surface area contributed by atoms with Crippen molar-refractivity contribution in [2.45, 2.75) is 71.8 Å². The smallest absolute Gasteiger partial charge is 0.409 e. The number of rotatable bonds is 17. The SMILES string of the molecule is CCOC(=O)N[C@](O)(C(=O)N[C@@H](CCc1ccccc1)CN(Cc1ccc(OC)cc1)NC(=O)[C@@H](NC(=O)OC)C(C)C)C(C)C. The largest absolute Gasteiger partial charge is 0.497 e. The van der Waals surface area contributed by atoms with Gasteiger partial charge in [0.05, 0.1) is 20.8 Å². The van der Waals surface area contributed by atoms with Crippen molar-refractivity contribution >= 4 is 24.0 Å². The lowest BCUT2D eigenvalue weighted by Crippen LogP contribution is -2.64. The maximum atomic E-state index is 13.6. The molecule has 0 aliphatic carbocycles. The van der Waals surface area contributed by atoms with Crippen molar-refractivity contribution in [1.29, 1.82) is 0 Å². The maximum Gasteiger partial charge on any atom is 0.409 e. The van der Waals surface area contributed by atoms with Gasteiger partial charge in [0.15, 0.2) is 0 Å². The highest BCUT2D eigenvalue weighted by Crippen LogP contribution is 2.18. The Morgan fingerprint density at radius 3 is 2.09 bits per heavy atom. The zero-order valence-corrected chi connectivity index (χ0v) is 27.8. The first kappa shape index (κ1) is 37.8. The van der Waals surface area contributed by atoms with Gasteiger partial charge in [-0.1, -0.05) is 70.2 Å². The number of aliphatic hydroxyl groups is 1. The number of hydrogen-bond acceptors (Lipinski definition) is 9. The average Bonchev–Trinajstić information content (AvgIpc) is 3.02. The van der Waals surface area contributed by atoms with E-state index in [4.69, 9.17) is 14.2 Å². The number of alkyl carbamates (subject to hydrolysis) is 2. The van der Waals surface area contributed by atoms with Crippen LogP contribution in [0.15, 0.2) is 54.6 Å². The van der Waals surface area contributed by atoms with Crippen LogP contribution in [0.3, 0.4) is 0 Å². The molecule has 0 saturated heterocycles. The van der Waals surface area contributed by atoms with Crippen LogP contribution in [0.25, 0.3) is 0 Å². The van der Waals surface area contributed by atoms with Crippen molar-refractivity contribution < 1.29 is 38.5 Å². The highest BCUT2D eigenvalue weighted by atomic mass is 16.6. The van der Waals surface area contributed by atoms with Gasteiger partial charge in [-0.2, -0.15) is 0 Å². The van der Waals surface area contributed by atoms with E-state index in [0.29, 0.717) is 18.6 Å². The van der Waals surface area contributed by atoms with Crippen LogP contribution in [0.2, 0.25) is 0 Å². The quantitative estimate of drug-likeness (QED) is 0.129. The van der Waals surface area contributed by atoms with Crippen molar-refractivity contribution in [3.05, 3.63) is 65.7 Å². The molecule has 0 radical (unpaired) electrons. The summed E-state index contributed by atoms with van der Waals surface area (Å²) in [5.41, 5.74) is 2.50. The normalized spacial score (nSPS) is 13.7. The number of ether oxygens (including phenoxy) is 3. The predicted octanol–water partition coefficient (Wildman–Crippen LogP) is 3.12. The molecule has 2 aromatic carbocycles. The molecule has 254 valence electrons. The number of methoxy groups -OCH3 is 2. The number of hydrazine groups is 1.